The van der Waals surface area contributed by atoms with Crippen molar-refractivity contribution in [1.29, 1.82) is 0 Å². The maximum Gasteiger partial charge on any atom is 0.329 e. The van der Waals surface area contributed by atoms with Crippen LogP contribution in [-0.2, 0) is 9.53 Å². The van der Waals surface area contributed by atoms with E-state index in [4.69, 9.17) is 14.6 Å². The Morgan fingerprint density at radius 3 is 2.62 bits per heavy atom. The van der Waals surface area contributed by atoms with Crippen LogP contribution in [0.3, 0.4) is 0 Å². The Hall–Kier alpha value is -1.60. The number of rotatable bonds is 5. The van der Waals surface area contributed by atoms with Crippen molar-refractivity contribution in [1.82, 2.24) is 4.90 Å². The highest BCUT2D eigenvalue weighted by atomic mass is 79.9. The number of carbonyl (C=O) groups excluding carboxylic acids is 1. The van der Waals surface area contributed by atoms with Gasteiger partial charge in [0.25, 0.3) is 5.91 Å². The summed E-state index contributed by atoms with van der Waals surface area (Å²) in [4.78, 5) is 24.4. The summed E-state index contributed by atoms with van der Waals surface area (Å²) >= 11 is 3.34. The van der Waals surface area contributed by atoms with Crippen LogP contribution in [0.1, 0.15) is 17.3 Å². The maximum atomic E-state index is 12.3. The van der Waals surface area contributed by atoms with Crippen molar-refractivity contribution in [2.45, 2.75) is 12.5 Å². The monoisotopic (exact) mass is 357 g/mol. The van der Waals surface area contributed by atoms with Gasteiger partial charge in [0.05, 0.1) is 24.7 Å². The number of halogens is 1. The van der Waals surface area contributed by atoms with E-state index in [0.717, 1.165) is 0 Å². The number of methoxy groups -OCH3 is 1. The van der Waals surface area contributed by atoms with E-state index >= 15 is 0 Å². The van der Waals surface area contributed by atoms with Crippen LogP contribution in [0.25, 0.3) is 0 Å². The molecular weight excluding hydrogens is 342 g/mol. The van der Waals surface area contributed by atoms with E-state index in [0.29, 0.717) is 28.9 Å². The lowest BCUT2D eigenvalue weighted by Gasteiger charge is -2.47. The smallest absolute Gasteiger partial charge is 0.329 e. The Labute approximate surface area is 130 Å². The first-order valence-corrected chi connectivity index (χ1v) is 7.12. The molecule has 0 radical (unpaired) electrons. The highest BCUT2D eigenvalue weighted by Gasteiger charge is 2.43. The third-order valence-electron chi connectivity index (χ3n) is 3.28. The Morgan fingerprint density at radius 2 is 2.10 bits per heavy atom. The van der Waals surface area contributed by atoms with Gasteiger partial charge in [-0.3, -0.25) is 4.79 Å². The molecule has 1 aliphatic heterocycles. The molecule has 0 atom stereocenters. The van der Waals surface area contributed by atoms with Gasteiger partial charge in [-0.05, 0) is 41.1 Å². The van der Waals surface area contributed by atoms with Gasteiger partial charge < -0.3 is 19.5 Å². The largest absolute Gasteiger partial charge is 0.496 e. The minimum atomic E-state index is -1.01. The van der Waals surface area contributed by atoms with Crippen LogP contribution >= 0.6 is 15.9 Å². The average Bonchev–Trinajstić information content (AvgIpc) is 2.41. The van der Waals surface area contributed by atoms with Crippen molar-refractivity contribution >= 4 is 27.8 Å². The summed E-state index contributed by atoms with van der Waals surface area (Å²) in [6.07, 6.45) is 0. The Bertz CT molecular complexity index is 568. The molecule has 0 aliphatic carbocycles. The number of likely N-dealkylation sites (tertiary alicyclic amines) is 1. The van der Waals surface area contributed by atoms with Gasteiger partial charge in [-0.1, -0.05) is 0 Å². The lowest BCUT2D eigenvalue weighted by molar-refractivity contribution is -0.159. The van der Waals surface area contributed by atoms with Gasteiger partial charge in [-0.25, -0.2) is 4.79 Å². The summed E-state index contributed by atoms with van der Waals surface area (Å²) in [5.41, 5.74) is -0.0412. The van der Waals surface area contributed by atoms with E-state index < -0.39 is 11.6 Å². The highest BCUT2D eigenvalue weighted by Crippen LogP contribution is 2.29. The molecule has 1 aliphatic rings. The third kappa shape index (κ3) is 3.54. The zero-order valence-corrected chi connectivity index (χ0v) is 13.3. The number of benzene rings is 1. The third-order valence-corrected chi connectivity index (χ3v) is 3.90. The molecule has 6 nitrogen and oxygen atoms in total. The van der Waals surface area contributed by atoms with Crippen molar-refractivity contribution in [2.75, 3.05) is 26.8 Å². The molecule has 1 aromatic rings. The van der Waals surface area contributed by atoms with Crippen LogP contribution in [0.2, 0.25) is 0 Å². The molecule has 21 heavy (non-hydrogen) atoms. The molecule has 114 valence electrons. The SMILES string of the molecule is COc1ccc(C(=O)N2CC(C)(OCC(=O)O)C2)cc1Br. The van der Waals surface area contributed by atoms with Crippen molar-refractivity contribution in [2.24, 2.45) is 0 Å². The summed E-state index contributed by atoms with van der Waals surface area (Å²) in [7, 11) is 1.56. The first-order valence-electron chi connectivity index (χ1n) is 6.33. The predicted octanol–water partition coefficient (Wildman–Crippen LogP) is 1.77. The number of carbonyl (C=O) groups is 2. The zero-order valence-electron chi connectivity index (χ0n) is 11.8. The van der Waals surface area contributed by atoms with E-state index in [2.05, 4.69) is 15.9 Å². The van der Waals surface area contributed by atoms with Gasteiger partial charge in [0, 0.05) is 5.56 Å². The van der Waals surface area contributed by atoms with Crippen LogP contribution in [0, 0.1) is 0 Å². The molecule has 0 saturated carbocycles. The molecule has 0 unspecified atom stereocenters. The van der Waals surface area contributed by atoms with E-state index in [1.165, 1.54) is 0 Å². The number of aliphatic carboxylic acids is 1. The molecule has 7 heteroatoms. The summed E-state index contributed by atoms with van der Waals surface area (Å²) in [5, 5.41) is 8.61. The second-order valence-electron chi connectivity index (χ2n) is 5.14. The van der Waals surface area contributed by atoms with Crippen LogP contribution in [0.15, 0.2) is 22.7 Å². The molecule has 1 saturated heterocycles. The topological polar surface area (TPSA) is 76.1 Å². The second kappa shape index (κ2) is 6.03. The van der Waals surface area contributed by atoms with Crippen molar-refractivity contribution < 1.29 is 24.2 Å². The minimum absolute atomic E-state index is 0.116. The molecule has 0 aromatic heterocycles. The quantitative estimate of drug-likeness (QED) is 0.868. The molecule has 1 fully saturated rings. The number of ether oxygens (including phenoxy) is 2. The Balaban J connectivity index is 1.97. The number of hydrogen-bond donors (Lipinski definition) is 1. The Morgan fingerprint density at radius 1 is 1.43 bits per heavy atom. The number of carboxylic acids is 1. The van der Waals surface area contributed by atoms with Crippen molar-refractivity contribution in [3.05, 3.63) is 28.2 Å². The van der Waals surface area contributed by atoms with Crippen LogP contribution in [-0.4, -0.2) is 54.3 Å². The molecule has 1 amide bonds. The molecule has 1 N–H and O–H groups in total. The Kier molecular flexibility index (Phi) is 4.53. The maximum absolute atomic E-state index is 12.3. The standard InChI is InChI=1S/C14H16BrNO5/c1-14(21-6-12(17)18)7-16(8-14)13(19)9-3-4-11(20-2)10(15)5-9/h3-5H,6-8H2,1-2H3,(H,17,18). The molecule has 0 bridgehead atoms. The highest BCUT2D eigenvalue weighted by molar-refractivity contribution is 9.10. The first-order chi connectivity index (χ1) is 9.84. The van der Waals surface area contributed by atoms with Gasteiger partial charge in [-0.2, -0.15) is 0 Å². The van der Waals surface area contributed by atoms with E-state index in [9.17, 15) is 9.59 Å². The predicted molar refractivity (Wildman–Crippen MR) is 78.6 cm³/mol. The van der Waals surface area contributed by atoms with Gasteiger partial charge in [0.15, 0.2) is 0 Å². The fourth-order valence-corrected chi connectivity index (χ4v) is 2.75. The van der Waals surface area contributed by atoms with Gasteiger partial charge in [0.2, 0.25) is 0 Å². The summed E-state index contributed by atoms with van der Waals surface area (Å²) in [6, 6.07) is 5.12. The molecule has 1 aromatic carbocycles. The lowest BCUT2D eigenvalue weighted by Crippen LogP contribution is -2.63. The van der Waals surface area contributed by atoms with E-state index in [1.807, 2.05) is 0 Å². The van der Waals surface area contributed by atoms with Gasteiger partial charge >= 0.3 is 5.97 Å². The molecule has 1 heterocycles. The summed E-state index contributed by atoms with van der Waals surface area (Å²) < 4.78 is 11.1. The van der Waals surface area contributed by atoms with Crippen LogP contribution < -0.4 is 4.74 Å². The number of hydrogen-bond acceptors (Lipinski definition) is 4. The van der Waals surface area contributed by atoms with Crippen LogP contribution in [0.5, 0.6) is 5.75 Å². The normalized spacial score (nSPS) is 16.2. The van der Waals surface area contributed by atoms with E-state index in [-0.39, 0.29) is 12.5 Å². The summed E-state index contributed by atoms with van der Waals surface area (Å²) in [6.45, 7) is 2.20. The fourth-order valence-electron chi connectivity index (χ4n) is 2.21. The minimum Gasteiger partial charge on any atom is -0.496 e. The zero-order chi connectivity index (χ0) is 15.6. The lowest BCUT2D eigenvalue weighted by atomic mass is 9.95. The van der Waals surface area contributed by atoms with Crippen LogP contribution in [0.4, 0.5) is 0 Å². The number of carboxylic acid groups (broad SMARTS) is 1. The fraction of sp³-hybridized carbons (Fsp3) is 0.429. The van der Waals surface area contributed by atoms with Crippen molar-refractivity contribution in [3.8, 4) is 5.75 Å². The molecular formula is C14H16BrNO5. The van der Waals surface area contributed by atoms with E-state index in [1.54, 1.807) is 37.1 Å². The molecule has 0 spiro atoms. The number of nitrogens with zero attached hydrogens (tertiary/aromatic N) is 1. The van der Waals surface area contributed by atoms with Crippen molar-refractivity contribution in [3.63, 3.8) is 0 Å². The molecule has 2 rings (SSSR count). The first kappa shape index (κ1) is 15.8. The second-order valence-corrected chi connectivity index (χ2v) is 6.00. The summed E-state index contributed by atoms with van der Waals surface area (Å²) in [5.74, 6) is -0.473. The number of amides is 1. The van der Waals surface area contributed by atoms with Gasteiger partial charge in [-0.15, -0.1) is 0 Å². The average molecular weight is 358 g/mol. The van der Waals surface area contributed by atoms with Gasteiger partial charge in [0.1, 0.15) is 18.0 Å².